The standard InChI is InChI=1S/C28H38ClNO5/c1-7-33-19-28(6,25(31)34-8-2)18-24(30-26(32)35-27(3,4)5)16-20-12-14-21(15-13-20)22-10-9-11-23(29)17-22/h9-15,17,24H,7-8,16,18-19H2,1-6H3,(H,30,32)/t24-,28?/m1/s1. The van der Waals surface area contributed by atoms with Crippen molar-refractivity contribution in [3.8, 4) is 11.1 Å². The Morgan fingerprint density at radius 1 is 0.971 bits per heavy atom. The number of alkyl carbamates (subject to hydrolysis) is 1. The zero-order valence-electron chi connectivity index (χ0n) is 21.7. The molecule has 35 heavy (non-hydrogen) atoms. The number of esters is 1. The molecule has 0 saturated heterocycles. The molecule has 0 radical (unpaired) electrons. The van der Waals surface area contributed by atoms with E-state index in [1.54, 1.807) is 6.92 Å². The van der Waals surface area contributed by atoms with E-state index in [4.69, 9.17) is 25.8 Å². The van der Waals surface area contributed by atoms with Gasteiger partial charge in [-0.3, -0.25) is 4.79 Å². The summed E-state index contributed by atoms with van der Waals surface area (Å²) in [7, 11) is 0. The molecule has 0 aliphatic rings. The highest BCUT2D eigenvalue weighted by atomic mass is 35.5. The first-order chi connectivity index (χ1) is 16.5. The number of nitrogens with one attached hydrogen (secondary N) is 1. The van der Waals surface area contributed by atoms with Gasteiger partial charge in [0.2, 0.25) is 0 Å². The number of carbonyl (C=O) groups is 2. The molecule has 2 aromatic rings. The predicted octanol–water partition coefficient (Wildman–Crippen LogP) is 6.44. The molecule has 2 atom stereocenters. The molecule has 0 saturated carbocycles. The van der Waals surface area contributed by atoms with Crippen LogP contribution in [0.4, 0.5) is 4.79 Å². The fourth-order valence-corrected chi connectivity index (χ4v) is 4.00. The van der Waals surface area contributed by atoms with Crippen LogP contribution in [0.5, 0.6) is 0 Å². The van der Waals surface area contributed by atoms with E-state index in [2.05, 4.69) is 5.32 Å². The second kappa shape index (κ2) is 12.9. The highest BCUT2D eigenvalue weighted by Gasteiger charge is 2.38. The Morgan fingerprint density at radius 2 is 1.66 bits per heavy atom. The minimum atomic E-state index is -0.924. The molecule has 0 aliphatic carbocycles. The van der Waals surface area contributed by atoms with Gasteiger partial charge in [0.05, 0.1) is 18.6 Å². The van der Waals surface area contributed by atoms with E-state index in [-0.39, 0.29) is 25.2 Å². The van der Waals surface area contributed by atoms with Crippen molar-refractivity contribution in [3.05, 3.63) is 59.1 Å². The van der Waals surface area contributed by atoms with E-state index in [1.807, 2.05) is 83.1 Å². The van der Waals surface area contributed by atoms with Crippen molar-refractivity contribution in [2.75, 3.05) is 19.8 Å². The fraction of sp³-hybridized carbons (Fsp3) is 0.500. The van der Waals surface area contributed by atoms with E-state index < -0.39 is 17.1 Å². The van der Waals surface area contributed by atoms with Gasteiger partial charge in [0.15, 0.2) is 0 Å². The van der Waals surface area contributed by atoms with Crippen LogP contribution in [0.3, 0.4) is 0 Å². The largest absolute Gasteiger partial charge is 0.466 e. The lowest BCUT2D eigenvalue weighted by Gasteiger charge is -2.32. The van der Waals surface area contributed by atoms with Crippen molar-refractivity contribution < 1.29 is 23.8 Å². The van der Waals surface area contributed by atoms with Crippen molar-refractivity contribution in [2.24, 2.45) is 5.41 Å². The molecule has 1 unspecified atom stereocenters. The Morgan fingerprint density at radius 3 is 2.23 bits per heavy atom. The van der Waals surface area contributed by atoms with Crippen LogP contribution < -0.4 is 5.32 Å². The molecule has 0 heterocycles. The number of rotatable bonds is 11. The van der Waals surface area contributed by atoms with Gasteiger partial charge in [-0.2, -0.15) is 0 Å². The molecule has 0 aromatic heterocycles. The minimum Gasteiger partial charge on any atom is -0.466 e. The van der Waals surface area contributed by atoms with Gasteiger partial charge in [-0.15, -0.1) is 0 Å². The lowest BCUT2D eigenvalue weighted by Crippen LogP contribution is -2.46. The summed E-state index contributed by atoms with van der Waals surface area (Å²) in [6.45, 7) is 11.9. The molecule has 0 bridgehead atoms. The van der Waals surface area contributed by atoms with Crippen LogP contribution in [0, 0.1) is 5.41 Å². The van der Waals surface area contributed by atoms with Gasteiger partial charge >= 0.3 is 12.1 Å². The van der Waals surface area contributed by atoms with E-state index >= 15 is 0 Å². The van der Waals surface area contributed by atoms with Crippen molar-refractivity contribution in [2.45, 2.75) is 66.0 Å². The molecular weight excluding hydrogens is 466 g/mol. The topological polar surface area (TPSA) is 73.9 Å². The maximum absolute atomic E-state index is 12.8. The molecule has 0 spiro atoms. The number of hydrogen-bond donors (Lipinski definition) is 1. The normalized spacial score (nSPS) is 14.0. The third-order valence-corrected chi connectivity index (χ3v) is 5.64. The number of carbonyl (C=O) groups excluding carboxylic acids is 2. The van der Waals surface area contributed by atoms with E-state index in [0.717, 1.165) is 16.7 Å². The molecule has 192 valence electrons. The summed E-state index contributed by atoms with van der Waals surface area (Å²) in [6, 6.07) is 15.4. The Bertz CT molecular complexity index is 970. The number of amides is 1. The summed E-state index contributed by atoms with van der Waals surface area (Å²) in [6.07, 6.45) is 0.317. The van der Waals surface area contributed by atoms with Crippen molar-refractivity contribution >= 4 is 23.7 Å². The number of halogens is 1. The molecule has 1 N–H and O–H groups in total. The van der Waals surface area contributed by atoms with Gasteiger partial charge in [0, 0.05) is 17.7 Å². The maximum atomic E-state index is 12.8. The summed E-state index contributed by atoms with van der Waals surface area (Å²) in [4.78, 5) is 25.5. The Hall–Kier alpha value is -2.57. The second-order valence-corrected chi connectivity index (χ2v) is 10.3. The third kappa shape index (κ3) is 9.54. The van der Waals surface area contributed by atoms with Crippen LogP contribution in [0.2, 0.25) is 5.02 Å². The zero-order chi connectivity index (χ0) is 26.1. The zero-order valence-corrected chi connectivity index (χ0v) is 22.4. The lowest BCUT2D eigenvalue weighted by atomic mass is 9.82. The Balaban J connectivity index is 2.27. The Labute approximate surface area is 214 Å². The van der Waals surface area contributed by atoms with E-state index in [9.17, 15) is 9.59 Å². The number of ether oxygens (including phenoxy) is 3. The highest BCUT2D eigenvalue weighted by molar-refractivity contribution is 6.30. The van der Waals surface area contributed by atoms with E-state index in [0.29, 0.717) is 24.5 Å². The summed E-state index contributed by atoms with van der Waals surface area (Å²) in [5, 5.41) is 3.64. The Kier molecular flexibility index (Phi) is 10.6. The van der Waals surface area contributed by atoms with Crippen LogP contribution in [0.15, 0.2) is 48.5 Å². The monoisotopic (exact) mass is 503 g/mol. The number of hydrogen-bond acceptors (Lipinski definition) is 5. The van der Waals surface area contributed by atoms with Gasteiger partial charge in [0.25, 0.3) is 0 Å². The first-order valence-electron chi connectivity index (χ1n) is 12.0. The van der Waals surface area contributed by atoms with Gasteiger partial charge in [0.1, 0.15) is 5.60 Å². The molecular formula is C28H38ClNO5. The average Bonchev–Trinajstić information content (AvgIpc) is 2.77. The molecule has 0 fully saturated rings. The third-order valence-electron chi connectivity index (χ3n) is 5.40. The number of benzene rings is 2. The molecule has 2 aromatic carbocycles. The van der Waals surface area contributed by atoms with Crippen molar-refractivity contribution in [1.29, 1.82) is 0 Å². The van der Waals surface area contributed by atoms with Crippen LogP contribution in [0.25, 0.3) is 11.1 Å². The van der Waals surface area contributed by atoms with Gasteiger partial charge < -0.3 is 19.5 Å². The lowest BCUT2D eigenvalue weighted by molar-refractivity contribution is -0.159. The van der Waals surface area contributed by atoms with Crippen molar-refractivity contribution in [1.82, 2.24) is 5.32 Å². The smallest absolute Gasteiger partial charge is 0.407 e. The van der Waals surface area contributed by atoms with Crippen molar-refractivity contribution in [3.63, 3.8) is 0 Å². The maximum Gasteiger partial charge on any atom is 0.407 e. The van der Waals surface area contributed by atoms with Crippen LogP contribution in [-0.2, 0) is 25.4 Å². The van der Waals surface area contributed by atoms with Crippen LogP contribution in [0.1, 0.15) is 53.5 Å². The van der Waals surface area contributed by atoms with Gasteiger partial charge in [-0.1, -0.05) is 48.0 Å². The summed E-state index contributed by atoms with van der Waals surface area (Å²) in [5.74, 6) is -0.347. The van der Waals surface area contributed by atoms with E-state index in [1.165, 1.54) is 0 Å². The first-order valence-corrected chi connectivity index (χ1v) is 12.4. The molecule has 2 rings (SSSR count). The summed E-state index contributed by atoms with van der Waals surface area (Å²) < 4.78 is 16.5. The first kappa shape index (κ1) is 28.7. The fourth-order valence-electron chi connectivity index (χ4n) is 3.81. The molecule has 1 amide bonds. The quantitative estimate of drug-likeness (QED) is 0.357. The molecule has 0 aliphatic heterocycles. The molecule has 6 nitrogen and oxygen atoms in total. The average molecular weight is 504 g/mol. The predicted molar refractivity (Wildman–Crippen MR) is 140 cm³/mol. The highest BCUT2D eigenvalue weighted by Crippen LogP contribution is 2.29. The van der Waals surface area contributed by atoms with Crippen LogP contribution in [-0.4, -0.2) is 43.5 Å². The SMILES string of the molecule is CCOCC(C)(C[C@@H](Cc1ccc(-c2cccc(Cl)c2)cc1)NC(=O)OC(C)(C)C)C(=O)OCC. The summed E-state index contributed by atoms with van der Waals surface area (Å²) >= 11 is 6.13. The minimum absolute atomic E-state index is 0.197. The summed E-state index contributed by atoms with van der Waals surface area (Å²) in [5.41, 5.74) is 1.52. The second-order valence-electron chi connectivity index (χ2n) is 9.88. The van der Waals surface area contributed by atoms with Gasteiger partial charge in [-0.05, 0) is 83.2 Å². The van der Waals surface area contributed by atoms with Crippen LogP contribution >= 0.6 is 11.6 Å². The molecule has 7 heteroatoms. The van der Waals surface area contributed by atoms with Gasteiger partial charge in [-0.25, -0.2) is 4.79 Å².